The molecule has 0 saturated heterocycles. The number of fused-ring (bicyclic) bond motifs is 1. The predicted octanol–water partition coefficient (Wildman–Crippen LogP) is 4.15. The lowest BCUT2D eigenvalue weighted by molar-refractivity contribution is -0.134. The second kappa shape index (κ2) is 7.20. The van der Waals surface area contributed by atoms with Gasteiger partial charge in [-0.1, -0.05) is 42.8 Å². The maximum Gasteiger partial charge on any atom is 0.223 e. The van der Waals surface area contributed by atoms with Gasteiger partial charge < -0.3 is 9.42 Å². The fraction of sp³-hybridized carbons (Fsp3) is 0.500. The molecule has 128 valence electrons. The Labute approximate surface area is 143 Å². The van der Waals surface area contributed by atoms with Crippen molar-refractivity contribution < 1.29 is 9.32 Å². The molecule has 3 rings (SSSR count). The van der Waals surface area contributed by atoms with Crippen LogP contribution >= 0.6 is 0 Å². The molecule has 4 nitrogen and oxygen atoms in total. The predicted molar refractivity (Wildman–Crippen MR) is 93.8 cm³/mol. The monoisotopic (exact) mass is 326 g/mol. The minimum Gasteiger partial charge on any atom is -0.361 e. The van der Waals surface area contributed by atoms with E-state index in [0.29, 0.717) is 12.8 Å². The zero-order chi connectivity index (χ0) is 17.1. The summed E-state index contributed by atoms with van der Waals surface area (Å²) < 4.78 is 5.20. The van der Waals surface area contributed by atoms with Gasteiger partial charge in [-0.25, -0.2) is 0 Å². The van der Waals surface area contributed by atoms with Gasteiger partial charge in [0.25, 0.3) is 0 Å². The molecule has 0 N–H and O–H groups in total. The van der Waals surface area contributed by atoms with E-state index in [9.17, 15) is 4.79 Å². The number of benzene rings is 1. The summed E-state index contributed by atoms with van der Waals surface area (Å²) in [4.78, 5) is 15.0. The van der Waals surface area contributed by atoms with Gasteiger partial charge in [0.15, 0.2) is 0 Å². The van der Waals surface area contributed by atoms with Gasteiger partial charge >= 0.3 is 0 Å². The normalized spacial score (nSPS) is 17.0. The second-order valence-corrected chi connectivity index (χ2v) is 6.64. The third-order valence-electron chi connectivity index (χ3n) is 5.06. The van der Waals surface area contributed by atoms with Gasteiger partial charge in [-0.05, 0) is 44.2 Å². The smallest absolute Gasteiger partial charge is 0.223 e. The number of hydrogen-bond donors (Lipinski definition) is 0. The van der Waals surface area contributed by atoms with Crippen molar-refractivity contribution in [3.05, 3.63) is 52.4 Å². The Morgan fingerprint density at radius 3 is 2.83 bits per heavy atom. The number of hydrogen-bond acceptors (Lipinski definition) is 3. The zero-order valence-electron chi connectivity index (χ0n) is 14.8. The molecule has 1 aliphatic rings. The Balaban J connectivity index is 1.74. The van der Waals surface area contributed by atoms with Crippen molar-refractivity contribution in [3.63, 3.8) is 0 Å². The number of aryl methyl sites for hydroxylation is 2. The Morgan fingerprint density at radius 1 is 1.33 bits per heavy atom. The second-order valence-electron chi connectivity index (χ2n) is 6.64. The third-order valence-corrected chi connectivity index (χ3v) is 5.06. The molecule has 0 aliphatic carbocycles. The first-order valence-corrected chi connectivity index (χ1v) is 8.90. The number of carbonyl (C=O) groups is 1. The van der Waals surface area contributed by atoms with Crippen LogP contribution in [-0.2, 0) is 17.6 Å². The van der Waals surface area contributed by atoms with Crippen molar-refractivity contribution in [2.24, 2.45) is 0 Å². The van der Waals surface area contributed by atoms with E-state index in [1.54, 1.807) is 0 Å². The molecule has 4 heteroatoms. The van der Waals surface area contributed by atoms with Gasteiger partial charge in [0.2, 0.25) is 5.91 Å². The zero-order valence-corrected chi connectivity index (χ0v) is 14.8. The summed E-state index contributed by atoms with van der Waals surface area (Å²) in [5, 5.41) is 3.98. The van der Waals surface area contributed by atoms with Gasteiger partial charge in [-0.3, -0.25) is 4.79 Å². The first-order valence-electron chi connectivity index (χ1n) is 8.90. The van der Waals surface area contributed by atoms with Crippen LogP contribution in [0, 0.1) is 13.8 Å². The molecule has 1 aliphatic heterocycles. The minimum atomic E-state index is 0.220. The molecule has 1 atom stereocenters. The lowest BCUT2D eigenvalue weighted by atomic mass is 9.89. The van der Waals surface area contributed by atoms with E-state index in [2.05, 4.69) is 41.2 Å². The lowest BCUT2D eigenvalue weighted by Gasteiger charge is -2.37. The first kappa shape index (κ1) is 16.7. The van der Waals surface area contributed by atoms with Gasteiger partial charge in [-0.15, -0.1) is 0 Å². The summed E-state index contributed by atoms with van der Waals surface area (Å²) in [5.74, 6) is 1.07. The first-order chi connectivity index (χ1) is 11.6. The SMILES string of the molecule is CCC[C@H]1c2ccccc2CCN1C(=O)CCc1c(C)noc1C. The summed E-state index contributed by atoms with van der Waals surface area (Å²) in [6.07, 6.45) is 4.27. The fourth-order valence-corrected chi connectivity index (χ4v) is 3.77. The quantitative estimate of drug-likeness (QED) is 0.829. The van der Waals surface area contributed by atoms with E-state index in [1.807, 2.05) is 13.8 Å². The van der Waals surface area contributed by atoms with Gasteiger partial charge in [0, 0.05) is 18.5 Å². The Hall–Kier alpha value is -2.10. The summed E-state index contributed by atoms with van der Waals surface area (Å²) >= 11 is 0. The average Bonchev–Trinajstić information content (AvgIpc) is 2.91. The number of rotatable bonds is 5. The summed E-state index contributed by atoms with van der Waals surface area (Å²) in [6.45, 7) is 6.86. The summed E-state index contributed by atoms with van der Waals surface area (Å²) in [6, 6.07) is 8.78. The van der Waals surface area contributed by atoms with Crippen LogP contribution in [0.4, 0.5) is 0 Å². The number of aromatic nitrogens is 1. The van der Waals surface area contributed by atoms with Gasteiger partial charge in [0.1, 0.15) is 5.76 Å². The van der Waals surface area contributed by atoms with Crippen molar-refractivity contribution in [2.75, 3.05) is 6.54 Å². The Morgan fingerprint density at radius 2 is 2.12 bits per heavy atom. The molecular weight excluding hydrogens is 300 g/mol. The van der Waals surface area contributed by atoms with E-state index in [4.69, 9.17) is 4.52 Å². The van der Waals surface area contributed by atoms with Crippen molar-refractivity contribution in [1.29, 1.82) is 0 Å². The van der Waals surface area contributed by atoms with E-state index >= 15 is 0 Å². The average molecular weight is 326 g/mol. The molecule has 2 aromatic rings. The molecular formula is C20H26N2O2. The molecule has 0 spiro atoms. The summed E-state index contributed by atoms with van der Waals surface area (Å²) in [5.41, 5.74) is 4.70. The van der Waals surface area contributed by atoms with Crippen molar-refractivity contribution in [2.45, 2.75) is 58.9 Å². The molecule has 0 bridgehead atoms. The fourth-order valence-electron chi connectivity index (χ4n) is 3.77. The van der Waals surface area contributed by atoms with Crippen LogP contribution in [0.5, 0.6) is 0 Å². The van der Waals surface area contributed by atoms with E-state index in [-0.39, 0.29) is 11.9 Å². The number of amides is 1. The Kier molecular flexibility index (Phi) is 5.03. The van der Waals surface area contributed by atoms with Crippen molar-refractivity contribution >= 4 is 5.91 Å². The highest BCUT2D eigenvalue weighted by molar-refractivity contribution is 5.77. The van der Waals surface area contributed by atoms with E-state index < -0.39 is 0 Å². The van der Waals surface area contributed by atoms with Gasteiger partial charge in [0.05, 0.1) is 11.7 Å². The van der Waals surface area contributed by atoms with Crippen LogP contribution < -0.4 is 0 Å². The molecule has 1 aromatic carbocycles. The summed E-state index contributed by atoms with van der Waals surface area (Å²) in [7, 11) is 0. The number of nitrogens with zero attached hydrogens (tertiary/aromatic N) is 2. The molecule has 1 amide bonds. The molecule has 24 heavy (non-hydrogen) atoms. The van der Waals surface area contributed by atoms with Crippen LogP contribution in [-0.4, -0.2) is 22.5 Å². The van der Waals surface area contributed by atoms with Gasteiger partial charge in [-0.2, -0.15) is 0 Å². The van der Waals surface area contributed by atoms with E-state index in [0.717, 1.165) is 42.8 Å². The standard InChI is InChI=1S/C20H26N2O2/c1-4-7-19-18-9-6-5-8-16(18)12-13-22(19)20(23)11-10-17-14(2)21-24-15(17)3/h5-6,8-9,19H,4,7,10-13H2,1-3H3/t19-/m0/s1. The molecule has 0 radical (unpaired) electrons. The van der Waals surface area contributed by atoms with Crippen LogP contribution in [0.2, 0.25) is 0 Å². The van der Waals surface area contributed by atoms with Crippen LogP contribution in [0.25, 0.3) is 0 Å². The van der Waals surface area contributed by atoms with Crippen LogP contribution in [0.3, 0.4) is 0 Å². The lowest BCUT2D eigenvalue weighted by Crippen LogP contribution is -2.40. The van der Waals surface area contributed by atoms with Crippen LogP contribution in [0.1, 0.15) is 60.4 Å². The molecule has 0 fully saturated rings. The topological polar surface area (TPSA) is 46.3 Å². The number of carbonyl (C=O) groups excluding carboxylic acids is 1. The highest BCUT2D eigenvalue weighted by Crippen LogP contribution is 2.33. The third kappa shape index (κ3) is 3.23. The highest BCUT2D eigenvalue weighted by Gasteiger charge is 2.29. The maximum atomic E-state index is 12.9. The largest absolute Gasteiger partial charge is 0.361 e. The van der Waals surface area contributed by atoms with Crippen LogP contribution in [0.15, 0.2) is 28.8 Å². The molecule has 0 saturated carbocycles. The minimum absolute atomic E-state index is 0.220. The van der Waals surface area contributed by atoms with Crippen molar-refractivity contribution in [3.8, 4) is 0 Å². The van der Waals surface area contributed by atoms with Crippen molar-refractivity contribution in [1.82, 2.24) is 10.1 Å². The molecule has 2 heterocycles. The highest BCUT2D eigenvalue weighted by atomic mass is 16.5. The maximum absolute atomic E-state index is 12.9. The molecule has 0 unspecified atom stereocenters. The Bertz CT molecular complexity index is 701. The van der Waals surface area contributed by atoms with E-state index in [1.165, 1.54) is 11.1 Å². The molecule has 1 aromatic heterocycles.